The molecule has 1 nitrogen and oxygen atoms in total. The van der Waals surface area contributed by atoms with Crippen LogP contribution in [0, 0.1) is 0 Å². The van der Waals surface area contributed by atoms with E-state index in [-0.39, 0.29) is 0 Å². The summed E-state index contributed by atoms with van der Waals surface area (Å²) in [4.78, 5) is 0. The highest BCUT2D eigenvalue weighted by atomic mass is 15.0. The van der Waals surface area contributed by atoms with E-state index in [1.807, 2.05) is 0 Å². The minimum Gasteiger partial charge on any atom is -0.344 e. The molecule has 0 unspecified atom stereocenters. The molecule has 2 aromatic rings. The second-order valence-electron chi connectivity index (χ2n) is 6.05. The Balaban J connectivity index is 2.00. The number of nitrogens with zero attached hydrogens (tertiary/aromatic N) is 1. The number of aromatic nitrogens is 1. The predicted molar refractivity (Wildman–Crippen MR) is 76.0 cm³/mol. The molecule has 1 heterocycles. The number of rotatable bonds is 2. The van der Waals surface area contributed by atoms with Crippen LogP contribution in [-0.2, 0) is 11.8 Å². The lowest BCUT2D eigenvalue weighted by molar-refractivity contribution is 0.519. The monoisotopic (exact) mass is 239 g/mol. The molecule has 0 N–H and O–H groups in total. The maximum Gasteiger partial charge on any atom is 0.0554 e. The van der Waals surface area contributed by atoms with Crippen LogP contribution >= 0.6 is 0 Å². The van der Waals surface area contributed by atoms with Crippen LogP contribution in [0.3, 0.4) is 0 Å². The van der Waals surface area contributed by atoms with Crippen molar-refractivity contribution in [3.05, 3.63) is 59.4 Å². The van der Waals surface area contributed by atoms with Crippen LogP contribution < -0.4 is 0 Å². The number of fused-ring (bicyclic) bond motifs is 1. The molecule has 1 aliphatic rings. The van der Waals surface area contributed by atoms with Crippen molar-refractivity contribution in [2.45, 2.75) is 45.1 Å². The quantitative estimate of drug-likeness (QED) is 0.735. The van der Waals surface area contributed by atoms with Crippen LogP contribution in [-0.4, -0.2) is 4.57 Å². The Kier molecular flexibility index (Phi) is 2.58. The van der Waals surface area contributed by atoms with Gasteiger partial charge < -0.3 is 4.57 Å². The molecule has 0 bridgehead atoms. The molecule has 0 saturated heterocycles. The summed E-state index contributed by atoms with van der Waals surface area (Å²) in [5, 5.41) is 0. The molecular formula is C17H21N. The normalized spacial score (nSPS) is 18.6. The van der Waals surface area contributed by atoms with Gasteiger partial charge in [-0.25, -0.2) is 0 Å². The minimum atomic E-state index is 0.358. The van der Waals surface area contributed by atoms with Crippen molar-refractivity contribution in [2.24, 2.45) is 0 Å². The van der Waals surface area contributed by atoms with Crippen LogP contribution in [0.2, 0.25) is 0 Å². The van der Waals surface area contributed by atoms with E-state index >= 15 is 0 Å². The highest BCUT2D eigenvalue weighted by molar-refractivity contribution is 5.36. The summed E-state index contributed by atoms with van der Waals surface area (Å²) in [6.45, 7) is 7.01. The van der Waals surface area contributed by atoms with Crippen molar-refractivity contribution >= 4 is 0 Å². The van der Waals surface area contributed by atoms with Gasteiger partial charge in [0.15, 0.2) is 0 Å². The fourth-order valence-corrected chi connectivity index (χ4v) is 3.18. The Morgan fingerprint density at radius 1 is 1.11 bits per heavy atom. The third kappa shape index (κ3) is 1.69. The molecule has 0 radical (unpaired) electrons. The first-order chi connectivity index (χ1) is 8.59. The third-order valence-electron chi connectivity index (χ3n) is 4.44. The van der Waals surface area contributed by atoms with Crippen LogP contribution in [0.4, 0.5) is 0 Å². The summed E-state index contributed by atoms with van der Waals surface area (Å²) >= 11 is 0. The molecule has 0 spiro atoms. The summed E-state index contributed by atoms with van der Waals surface area (Å²) in [6.07, 6.45) is 4.76. The van der Waals surface area contributed by atoms with Crippen molar-refractivity contribution in [2.75, 3.05) is 0 Å². The molecule has 0 amide bonds. The Morgan fingerprint density at radius 3 is 2.56 bits per heavy atom. The zero-order chi connectivity index (χ0) is 12.8. The van der Waals surface area contributed by atoms with Gasteiger partial charge in [0.25, 0.3) is 0 Å². The number of benzene rings is 1. The SMILES string of the molecule is C[C@H](c1ccccc1)n1ccc2c1CCC2(C)C. The van der Waals surface area contributed by atoms with Gasteiger partial charge in [-0.05, 0) is 42.4 Å². The second-order valence-corrected chi connectivity index (χ2v) is 6.05. The van der Waals surface area contributed by atoms with Gasteiger partial charge in [-0.2, -0.15) is 0 Å². The zero-order valence-corrected chi connectivity index (χ0v) is 11.5. The summed E-state index contributed by atoms with van der Waals surface area (Å²) in [5.41, 5.74) is 4.83. The van der Waals surface area contributed by atoms with Gasteiger partial charge in [0, 0.05) is 11.9 Å². The maximum absolute atomic E-state index is 2.46. The number of hydrogen-bond donors (Lipinski definition) is 0. The van der Waals surface area contributed by atoms with E-state index in [0.717, 1.165) is 0 Å². The topological polar surface area (TPSA) is 4.93 Å². The lowest BCUT2D eigenvalue weighted by Gasteiger charge is -2.17. The molecule has 1 aromatic carbocycles. The molecule has 1 heteroatoms. The molecular weight excluding hydrogens is 218 g/mol. The summed E-state index contributed by atoms with van der Waals surface area (Å²) in [5.74, 6) is 0. The largest absolute Gasteiger partial charge is 0.344 e. The van der Waals surface area contributed by atoms with Crippen LogP contribution in [0.25, 0.3) is 0 Å². The first kappa shape index (κ1) is 11.6. The molecule has 1 aromatic heterocycles. The van der Waals surface area contributed by atoms with E-state index in [1.165, 1.54) is 24.1 Å². The van der Waals surface area contributed by atoms with Crippen LogP contribution in [0.5, 0.6) is 0 Å². The Labute approximate surface area is 109 Å². The average Bonchev–Trinajstić information content (AvgIpc) is 2.92. The summed E-state index contributed by atoms with van der Waals surface area (Å²) < 4.78 is 2.46. The van der Waals surface area contributed by atoms with Crippen molar-refractivity contribution in [3.8, 4) is 0 Å². The molecule has 1 aliphatic carbocycles. The van der Waals surface area contributed by atoms with Gasteiger partial charge in [-0.15, -0.1) is 0 Å². The molecule has 1 atom stereocenters. The van der Waals surface area contributed by atoms with Crippen LogP contribution in [0.1, 0.15) is 50.1 Å². The summed E-state index contributed by atoms with van der Waals surface area (Å²) in [6, 6.07) is 13.5. The van der Waals surface area contributed by atoms with E-state index in [0.29, 0.717) is 11.5 Å². The van der Waals surface area contributed by atoms with Crippen molar-refractivity contribution < 1.29 is 0 Å². The van der Waals surface area contributed by atoms with Crippen molar-refractivity contribution in [3.63, 3.8) is 0 Å². The number of hydrogen-bond acceptors (Lipinski definition) is 0. The van der Waals surface area contributed by atoms with Gasteiger partial charge in [0.05, 0.1) is 6.04 Å². The van der Waals surface area contributed by atoms with E-state index in [1.54, 1.807) is 5.56 Å². The van der Waals surface area contributed by atoms with Gasteiger partial charge in [-0.3, -0.25) is 0 Å². The van der Waals surface area contributed by atoms with Gasteiger partial charge in [0.2, 0.25) is 0 Å². The maximum atomic E-state index is 2.46. The molecule has 94 valence electrons. The van der Waals surface area contributed by atoms with Crippen molar-refractivity contribution in [1.82, 2.24) is 4.57 Å². The fourth-order valence-electron chi connectivity index (χ4n) is 3.18. The molecule has 0 aliphatic heterocycles. The Hall–Kier alpha value is -1.50. The third-order valence-corrected chi connectivity index (χ3v) is 4.44. The van der Waals surface area contributed by atoms with Crippen LogP contribution in [0.15, 0.2) is 42.6 Å². The second kappa shape index (κ2) is 4.01. The minimum absolute atomic E-state index is 0.358. The first-order valence-electron chi connectivity index (χ1n) is 6.85. The van der Waals surface area contributed by atoms with E-state index in [4.69, 9.17) is 0 Å². The highest BCUT2D eigenvalue weighted by Gasteiger charge is 2.32. The lowest BCUT2D eigenvalue weighted by Crippen LogP contribution is -2.10. The van der Waals surface area contributed by atoms with Gasteiger partial charge >= 0.3 is 0 Å². The van der Waals surface area contributed by atoms with Gasteiger partial charge in [0.1, 0.15) is 0 Å². The standard InChI is InChI=1S/C17H21N/c1-13(14-7-5-4-6-8-14)18-12-10-15-16(18)9-11-17(15,2)3/h4-8,10,12-13H,9,11H2,1-3H3/t13-/m1/s1. The zero-order valence-electron chi connectivity index (χ0n) is 11.5. The molecule has 3 rings (SSSR count). The first-order valence-corrected chi connectivity index (χ1v) is 6.85. The Morgan fingerprint density at radius 2 is 1.83 bits per heavy atom. The smallest absolute Gasteiger partial charge is 0.0554 e. The fraction of sp³-hybridized carbons (Fsp3) is 0.412. The predicted octanol–water partition coefficient (Wildman–Crippen LogP) is 4.32. The molecule has 0 fully saturated rings. The highest BCUT2D eigenvalue weighted by Crippen LogP contribution is 2.40. The van der Waals surface area contributed by atoms with Crippen molar-refractivity contribution in [1.29, 1.82) is 0 Å². The van der Waals surface area contributed by atoms with E-state index in [2.05, 4.69) is 67.9 Å². The molecule has 0 saturated carbocycles. The lowest BCUT2D eigenvalue weighted by atomic mass is 9.88. The van der Waals surface area contributed by atoms with Gasteiger partial charge in [-0.1, -0.05) is 44.2 Å². The average molecular weight is 239 g/mol. The molecule has 18 heavy (non-hydrogen) atoms. The van der Waals surface area contributed by atoms with E-state index < -0.39 is 0 Å². The van der Waals surface area contributed by atoms with E-state index in [9.17, 15) is 0 Å². The Bertz CT molecular complexity index is 548. The summed E-state index contributed by atoms with van der Waals surface area (Å²) in [7, 11) is 0.